The first-order valence-corrected chi connectivity index (χ1v) is 8.30. The molecule has 100 valence electrons. The molecule has 0 fully saturated rings. The quantitative estimate of drug-likeness (QED) is 0.595. The molecule has 0 aromatic heterocycles. The fraction of sp³-hybridized carbons (Fsp3) is 0.538. The van der Waals surface area contributed by atoms with Crippen LogP contribution in [0.2, 0.25) is 0 Å². The lowest BCUT2D eigenvalue weighted by molar-refractivity contribution is 0.165. The number of halogens is 1. The van der Waals surface area contributed by atoms with Crippen molar-refractivity contribution in [2.75, 3.05) is 24.8 Å². The zero-order valence-corrected chi connectivity index (χ0v) is 11.8. The van der Waals surface area contributed by atoms with Crippen LogP contribution in [0.1, 0.15) is 17.5 Å². The van der Waals surface area contributed by atoms with Crippen molar-refractivity contribution in [2.45, 2.75) is 24.2 Å². The molecule has 1 aliphatic rings. The number of rotatable bonds is 6. The third kappa shape index (κ3) is 3.25. The predicted molar refractivity (Wildman–Crippen MR) is 72.1 cm³/mol. The van der Waals surface area contributed by atoms with E-state index in [1.807, 2.05) is 12.1 Å². The van der Waals surface area contributed by atoms with Gasteiger partial charge in [0.25, 0.3) is 0 Å². The number of ether oxygens (including phenoxy) is 1. The van der Waals surface area contributed by atoms with Gasteiger partial charge in [0.05, 0.1) is 23.9 Å². The van der Waals surface area contributed by atoms with Crippen LogP contribution >= 0.6 is 11.6 Å². The van der Waals surface area contributed by atoms with E-state index in [0.717, 1.165) is 19.3 Å². The molecule has 0 saturated heterocycles. The van der Waals surface area contributed by atoms with Crippen molar-refractivity contribution < 1.29 is 13.2 Å². The normalized spacial score (nSPS) is 14.7. The predicted octanol–water partition coefficient (Wildman–Crippen LogP) is 2.20. The van der Waals surface area contributed by atoms with E-state index in [2.05, 4.69) is 0 Å². The second-order valence-electron chi connectivity index (χ2n) is 4.40. The van der Waals surface area contributed by atoms with Gasteiger partial charge in [-0.2, -0.15) is 0 Å². The summed E-state index contributed by atoms with van der Waals surface area (Å²) in [5.74, 6) is 0.404. The van der Waals surface area contributed by atoms with Gasteiger partial charge in [0.1, 0.15) is 0 Å². The summed E-state index contributed by atoms with van der Waals surface area (Å²) < 4.78 is 29.3. The third-order valence-corrected chi connectivity index (χ3v) is 4.98. The molecule has 1 aromatic rings. The molecule has 1 aromatic carbocycles. The molecule has 0 N–H and O–H groups in total. The van der Waals surface area contributed by atoms with Crippen LogP contribution in [0.25, 0.3) is 0 Å². The van der Waals surface area contributed by atoms with Crippen LogP contribution in [-0.2, 0) is 27.4 Å². The van der Waals surface area contributed by atoms with Gasteiger partial charge in [0.15, 0.2) is 9.84 Å². The van der Waals surface area contributed by atoms with Crippen molar-refractivity contribution in [3.63, 3.8) is 0 Å². The van der Waals surface area contributed by atoms with Crippen LogP contribution in [-0.4, -0.2) is 33.3 Å². The Morgan fingerprint density at radius 2 is 1.94 bits per heavy atom. The van der Waals surface area contributed by atoms with Crippen molar-refractivity contribution in [1.29, 1.82) is 0 Å². The average Bonchev–Trinajstić information content (AvgIpc) is 2.82. The first kappa shape index (κ1) is 13.8. The Morgan fingerprint density at radius 3 is 2.72 bits per heavy atom. The average molecular weight is 289 g/mol. The molecule has 0 amide bonds. The molecule has 1 aliphatic carbocycles. The molecule has 0 atom stereocenters. The molecule has 0 unspecified atom stereocenters. The summed E-state index contributed by atoms with van der Waals surface area (Å²) in [4.78, 5) is 0.414. The molecule has 2 rings (SSSR count). The van der Waals surface area contributed by atoms with Gasteiger partial charge in [0, 0.05) is 5.88 Å². The van der Waals surface area contributed by atoms with E-state index < -0.39 is 9.84 Å². The number of alkyl halides is 1. The van der Waals surface area contributed by atoms with Crippen LogP contribution < -0.4 is 0 Å². The number of hydrogen-bond acceptors (Lipinski definition) is 3. The highest BCUT2D eigenvalue weighted by molar-refractivity contribution is 7.91. The largest absolute Gasteiger partial charge is 0.379 e. The minimum atomic E-state index is -3.23. The molecule has 0 heterocycles. The van der Waals surface area contributed by atoms with Gasteiger partial charge >= 0.3 is 0 Å². The number of fused-ring (bicyclic) bond motifs is 1. The molecule has 0 radical (unpaired) electrons. The summed E-state index contributed by atoms with van der Waals surface area (Å²) in [5, 5.41) is 0. The summed E-state index contributed by atoms with van der Waals surface area (Å²) in [6, 6.07) is 5.47. The molecule has 0 bridgehead atoms. The smallest absolute Gasteiger partial charge is 0.180 e. The highest BCUT2D eigenvalue weighted by atomic mass is 35.5. The minimum absolute atomic E-state index is 0.0165. The molecular formula is C13H17ClO3S. The maximum Gasteiger partial charge on any atom is 0.180 e. The van der Waals surface area contributed by atoms with Gasteiger partial charge in [0.2, 0.25) is 0 Å². The maximum absolute atomic E-state index is 12.1. The fourth-order valence-electron chi connectivity index (χ4n) is 2.18. The monoisotopic (exact) mass is 288 g/mol. The molecule has 0 spiro atoms. The van der Waals surface area contributed by atoms with Crippen LogP contribution in [0.5, 0.6) is 0 Å². The SMILES string of the molecule is O=S(=O)(CCOCCCl)c1ccc2c(c1)CCC2. The lowest BCUT2D eigenvalue weighted by Crippen LogP contribution is -2.13. The number of aryl methyl sites for hydroxylation is 2. The van der Waals surface area contributed by atoms with Gasteiger partial charge in [-0.25, -0.2) is 8.42 Å². The lowest BCUT2D eigenvalue weighted by Gasteiger charge is -2.07. The number of hydrogen-bond donors (Lipinski definition) is 0. The van der Waals surface area contributed by atoms with Gasteiger partial charge in [-0.3, -0.25) is 0 Å². The van der Waals surface area contributed by atoms with E-state index in [1.165, 1.54) is 11.1 Å². The standard InChI is InChI=1S/C13H17ClO3S/c14-6-7-17-8-9-18(15,16)13-5-4-11-2-1-3-12(11)10-13/h4-5,10H,1-3,6-9H2. The summed E-state index contributed by atoms with van der Waals surface area (Å²) >= 11 is 5.46. The first-order chi connectivity index (χ1) is 8.63. The van der Waals surface area contributed by atoms with Gasteiger partial charge in [-0.1, -0.05) is 6.07 Å². The fourth-order valence-corrected chi connectivity index (χ4v) is 3.46. The van der Waals surface area contributed by atoms with Crippen LogP contribution in [0.15, 0.2) is 23.1 Å². The van der Waals surface area contributed by atoms with Crippen LogP contribution in [0, 0.1) is 0 Å². The van der Waals surface area contributed by atoms with Crippen LogP contribution in [0.3, 0.4) is 0 Å². The van der Waals surface area contributed by atoms with Crippen molar-refractivity contribution in [3.8, 4) is 0 Å². The third-order valence-electron chi connectivity index (χ3n) is 3.15. The van der Waals surface area contributed by atoms with Gasteiger partial charge < -0.3 is 4.74 Å². The molecular weight excluding hydrogens is 272 g/mol. The molecule has 5 heteroatoms. The summed E-state index contributed by atoms with van der Waals surface area (Å²) in [6.07, 6.45) is 3.17. The van der Waals surface area contributed by atoms with E-state index in [4.69, 9.17) is 16.3 Å². The lowest BCUT2D eigenvalue weighted by atomic mass is 10.1. The van der Waals surface area contributed by atoms with Crippen molar-refractivity contribution >= 4 is 21.4 Å². The topological polar surface area (TPSA) is 43.4 Å². The van der Waals surface area contributed by atoms with Gasteiger partial charge in [-0.05, 0) is 42.5 Å². The minimum Gasteiger partial charge on any atom is -0.379 e. The van der Waals surface area contributed by atoms with E-state index in [0.29, 0.717) is 17.4 Å². The maximum atomic E-state index is 12.1. The van der Waals surface area contributed by atoms with E-state index >= 15 is 0 Å². The summed E-state index contributed by atoms with van der Waals surface area (Å²) in [7, 11) is -3.23. The number of sulfone groups is 1. The molecule has 18 heavy (non-hydrogen) atoms. The Morgan fingerprint density at radius 1 is 1.17 bits per heavy atom. The summed E-state index contributed by atoms with van der Waals surface area (Å²) in [6.45, 7) is 0.591. The zero-order chi connectivity index (χ0) is 13.0. The molecule has 0 saturated carbocycles. The van der Waals surface area contributed by atoms with E-state index in [-0.39, 0.29) is 12.4 Å². The van der Waals surface area contributed by atoms with Crippen molar-refractivity contribution in [1.82, 2.24) is 0 Å². The van der Waals surface area contributed by atoms with Crippen molar-refractivity contribution in [2.24, 2.45) is 0 Å². The molecule has 3 nitrogen and oxygen atoms in total. The Labute approximate surface area is 113 Å². The number of benzene rings is 1. The van der Waals surface area contributed by atoms with Crippen molar-refractivity contribution in [3.05, 3.63) is 29.3 Å². The summed E-state index contributed by atoms with van der Waals surface area (Å²) in [5.41, 5.74) is 2.46. The Bertz CT molecular complexity index is 511. The Balaban J connectivity index is 2.05. The second kappa shape index (κ2) is 6.04. The zero-order valence-electron chi connectivity index (χ0n) is 10.2. The van der Waals surface area contributed by atoms with E-state index in [1.54, 1.807) is 6.07 Å². The second-order valence-corrected chi connectivity index (χ2v) is 6.89. The van der Waals surface area contributed by atoms with E-state index in [9.17, 15) is 8.42 Å². The van der Waals surface area contributed by atoms with Gasteiger partial charge in [-0.15, -0.1) is 11.6 Å². The Kier molecular flexibility index (Phi) is 4.65. The molecule has 0 aliphatic heterocycles. The van der Waals surface area contributed by atoms with Crippen LogP contribution in [0.4, 0.5) is 0 Å². The Hall–Kier alpha value is -0.580. The highest BCUT2D eigenvalue weighted by Crippen LogP contribution is 2.25. The first-order valence-electron chi connectivity index (χ1n) is 6.12. The highest BCUT2D eigenvalue weighted by Gasteiger charge is 2.18.